The van der Waals surface area contributed by atoms with Gasteiger partial charge in [-0.15, -0.1) is 0 Å². The summed E-state index contributed by atoms with van der Waals surface area (Å²) in [5.74, 6) is -0.391. The van der Waals surface area contributed by atoms with Gasteiger partial charge in [0.2, 0.25) is 0 Å². The molecular formula is C12H16N2O3. The maximum Gasteiger partial charge on any atom is 0.340 e. The molecule has 0 saturated carbocycles. The number of rotatable bonds is 3. The van der Waals surface area contributed by atoms with Gasteiger partial charge in [0.15, 0.2) is 0 Å². The Balaban J connectivity index is 1.96. The highest BCUT2D eigenvalue weighted by Gasteiger charge is 2.19. The number of aryl methyl sites for hydroxylation is 1. The third-order valence-electron chi connectivity index (χ3n) is 2.75. The summed E-state index contributed by atoms with van der Waals surface area (Å²) >= 11 is 0. The van der Waals surface area contributed by atoms with Gasteiger partial charge >= 0.3 is 5.97 Å². The number of anilines is 1. The van der Waals surface area contributed by atoms with Gasteiger partial charge in [-0.05, 0) is 25.8 Å². The van der Waals surface area contributed by atoms with Gasteiger partial charge in [-0.2, -0.15) is 0 Å². The topological polar surface area (TPSA) is 74.4 Å². The minimum Gasteiger partial charge on any atom is -0.459 e. The van der Waals surface area contributed by atoms with Crippen molar-refractivity contribution in [2.45, 2.75) is 25.9 Å². The van der Waals surface area contributed by atoms with Crippen molar-refractivity contribution in [2.24, 2.45) is 0 Å². The Morgan fingerprint density at radius 2 is 2.53 bits per heavy atom. The molecule has 0 amide bonds. The smallest absolute Gasteiger partial charge is 0.340 e. The predicted octanol–water partition coefficient (Wildman–Crippen LogP) is 1.31. The zero-order valence-corrected chi connectivity index (χ0v) is 9.81. The van der Waals surface area contributed by atoms with Gasteiger partial charge in [0.05, 0.1) is 29.2 Å². The predicted molar refractivity (Wildman–Crippen MR) is 62.6 cm³/mol. The molecule has 17 heavy (non-hydrogen) atoms. The number of hydrogen-bond acceptors (Lipinski definition) is 5. The van der Waals surface area contributed by atoms with Crippen molar-refractivity contribution < 1.29 is 14.3 Å². The van der Waals surface area contributed by atoms with Crippen molar-refractivity contribution in [3.63, 3.8) is 0 Å². The number of carbonyl (C=O) groups is 1. The van der Waals surface area contributed by atoms with Crippen LogP contribution >= 0.6 is 0 Å². The first-order chi connectivity index (χ1) is 8.16. The number of ether oxygens (including phenoxy) is 2. The first kappa shape index (κ1) is 11.9. The molecule has 0 bridgehead atoms. The minimum atomic E-state index is -0.391. The van der Waals surface area contributed by atoms with E-state index in [4.69, 9.17) is 15.2 Å². The van der Waals surface area contributed by atoms with Gasteiger partial charge in [-0.25, -0.2) is 4.79 Å². The van der Waals surface area contributed by atoms with Crippen LogP contribution in [-0.4, -0.2) is 30.3 Å². The van der Waals surface area contributed by atoms with E-state index >= 15 is 0 Å². The highest BCUT2D eigenvalue weighted by atomic mass is 16.6. The third kappa shape index (κ3) is 2.94. The van der Waals surface area contributed by atoms with Crippen molar-refractivity contribution in [1.82, 2.24) is 4.98 Å². The molecule has 1 aromatic rings. The molecule has 2 rings (SSSR count). The monoisotopic (exact) mass is 236 g/mol. The SMILES string of the molecule is Cc1ncc(N)cc1C(=O)OCC1CCCO1. The highest BCUT2D eigenvalue weighted by Crippen LogP contribution is 2.15. The second-order valence-electron chi connectivity index (χ2n) is 4.14. The normalized spacial score (nSPS) is 19.2. The lowest BCUT2D eigenvalue weighted by atomic mass is 10.2. The molecule has 1 atom stereocenters. The molecule has 2 N–H and O–H groups in total. The zero-order valence-electron chi connectivity index (χ0n) is 9.81. The molecule has 1 aliphatic heterocycles. The molecule has 1 saturated heterocycles. The molecule has 0 aromatic carbocycles. The molecule has 0 aliphatic carbocycles. The van der Waals surface area contributed by atoms with E-state index in [9.17, 15) is 4.79 Å². The number of nitrogens with two attached hydrogens (primary N) is 1. The Kier molecular flexibility index (Phi) is 3.58. The van der Waals surface area contributed by atoms with Crippen molar-refractivity contribution in [1.29, 1.82) is 0 Å². The van der Waals surface area contributed by atoms with E-state index in [0.717, 1.165) is 19.4 Å². The van der Waals surface area contributed by atoms with Crippen LogP contribution in [-0.2, 0) is 9.47 Å². The van der Waals surface area contributed by atoms with E-state index in [-0.39, 0.29) is 6.10 Å². The van der Waals surface area contributed by atoms with Gasteiger partial charge in [0, 0.05) is 6.61 Å². The van der Waals surface area contributed by atoms with Gasteiger partial charge < -0.3 is 15.2 Å². The molecule has 1 aromatic heterocycles. The van der Waals surface area contributed by atoms with Crippen LogP contribution in [0.15, 0.2) is 12.3 Å². The third-order valence-corrected chi connectivity index (χ3v) is 2.75. The second-order valence-corrected chi connectivity index (χ2v) is 4.14. The molecule has 1 aliphatic rings. The number of nitrogen functional groups attached to an aromatic ring is 1. The Labute approximate surface area is 99.9 Å². The minimum absolute atomic E-state index is 0.0354. The number of carbonyl (C=O) groups excluding carboxylic acids is 1. The van der Waals surface area contributed by atoms with E-state index in [1.807, 2.05) is 0 Å². The van der Waals surface area contributed by atoms with Gasteiger partial charge in [0.25, 0.3) is 0 Å². The number of esters is 1. The van der Waals surface area contributed by atoms with E-state index in [1.165, 1.54) is 6.20 Å². The van der Waals surface area contributed by atoms with Crippen molar-refractivity contribution in [3.05, 3.63) is 23.5 Å². The summed E-state index contributed by atoms with van der Waals surface area (Å²) in [6.07, 6.45) is 3.53. The summed E-state index contributed by atoms with van der Waals surface area (Å²) in [5, 5.41) is 0. The molecule has 2 heterocycles. The lowest BCUT2D eigenvalue weighted by Crippen LogP contribution is -2.18. The first-order valence-corrected chi connectivity index (χ1v) is 5.67. The molecule has 92 valence electrons. The fourth-order valence-corrected chi connectivity index (χ4v) is 1.78. The summed E-state index contributed by atoms with van der Waals surface area (Å²) < 4.78 is 10.6. The van der Waals surface area contributed by atoms with E-state index in [1.54, 1.807) is 13.0 Å². The fourth-order valence-electron chi connectivity index (χ4n) is 1.78. The van der Waals surface area contributed by atoms with E-state index < -0.39 is 5.97 Å². The van der Waals surface area contributed by atoms with Crippen molar-refractivity contribution in [3.8, 4) is 0 Å². The average molecular weight is 236 g/mol. The Hall–Kier alpha value is -1.62. The highest BCUT2D eigenvalue weighted by molar-refractivity contribution is 5.91. The van der Waals surface area contributed by atoms with Gasteiger partial charge in [-0.1, -0.05) is 0 Å². The quantitative estimate of drug-likeness (QED) is 0.801. The summed E-state index contributed by atoms with van der Waals surface area (Å²) in [5.41, 5.74) is 7.09. The van der Waals surface area contributed by atoms with Crippen molar-refractivity contribution in [2.75, 3.05) is 18.9 Å². The summed E-state index contributed by atoms with van der Waals surface area (Å²) in [7, 11) is 0. The standard InChI is InChI=1S/C12H16N2O3/c1-8-11(5-9(13)6-14-8)12(15)17-7-10-3-2-4-16-10/h5-6,10H,2-4,7,13H2,1H3. The summed E-state index contributed by atoms with van der Waals surface area (Å²) in [6, 6.07) is 1.58. The molecule has 0 radical (unpaired) electrons. The van der Waals surface area contributed by atoms with Crippen LogP contribution in [0.2, 0.25) is 0 Å². The van der Waals surface area contributed by atoms with Crippen molar-refractivity contribution >= 4 is 11.7 Å². The maximum atomic E-state index is 11.8. The van der Waals surface area contributed by atoms with Crippen LogP contribution in [0.3, 0.4) is 0 Å². The Morgan fingerprint density at radius 3 is 3.24 bits per heavy atom. The molecular weight excluding hydrogens is 220 g/mol. The zero-order chi connectivity index (χ0) is 12.3. The summed E-state index contributed by atoms with van der Waals surface area (Å²) in [4.78, 5) is 15.8. The van der Waals surface area contributed by atoms with Crippen LogP contribution in [0, 0.1) is 6.92 Å². The Morgan fingerprint density at radius 1 is 1.71 bits per heavy atom. The lowest BCUT2D eigenvalue weighted by molar-refractivity contribution is 0.0160. The molecule has 1 fully saturated rings. The number of nitrogens with zero attached hydrogens (tertiary/aromatic N) is 1. The number of hydrogen-bond donors (Lipinski definition) is 1. The van der Waals surface area contributed by atoms with E-state index in [2.05, 4.69) is 4.98 Å². The largest absolute Gasteiger partial charge is 0.459 e. The fraction of sp³-hybridized carbons (Fsp3) is 0.500. The van der Waals surface area contributed by atoms with Crippen LogP contribution in [0.25, 0.3) is 0 Å². The number of pyridine rings is 1. The molecule has 1 unspecified atom stereocenters. The van der Waals surface area contributed by atoms with E-state index in [0.29, 0.717) is 23.6 Å². The number of aromatic nitrogens is 1. The summed E-state index contributed by atoms with van der Waals surface area (Å²) in [6.45, 7) is 2.80. The van der Waals surface area contributed by atoms with Crippen LogP contribution in [0.4, 0.5) is 5.69 Å². The molecule has 5 nitrogen and oxygen atoms in total. The van der Waals surface area contributed by atoms with Gasteiger partial charge in [-0.3, -0.25) is 4.98 Å². The lowest BCUT2D eigenvalue weighted by Gasteiger charge is -2.11. The Bertz CT molecular complexity index is 414. The molecule has 5 heteroatoms. The van der Waals surface area contributed by atoms with Crippen LogP contribution in [0.1, 0.15) is 28.9 Å². The maximum absolute atomic E-state index is 11.8. The second kappa shape index (κ2) is 5.14. The van der Waals surface area contributed by atoms with Gasteiger partial charge in [0.1, 0.15) is 6.61 Å². The van der Waals surface area contributed by atoms with Crippen LogP contribution < -0.4 is 5.73 Å². The van der Waals surface area contributed by atoms with Crippen LogP contribution in [0.5, 0.6) is 0 Å². The first-order valence-electron chi connectivity index (χ1n) is 5.67. The average Bonchev–Trinajstić information content (AvgIpc) is 2.82. The molecule has 0 spiro atoms.